The van der Waals surface area contributed by atoms with E-state index in [1.165, 1.54) is 12.8 Å². The molecule has 2 fully saturated rings. The predicted octanol–water partition coefficient (Wildman–Crippen LogP) is 1.98. The molecule has 0 aliphatic carbocycles. The fourth-order valence-electron chi connectivity index (χ4n) is 3.68. The molecule has 122 valence electrons. The number of primary sulfonamides is 1. The number of anilines is 1. The molecule has 5 nitrogen and oxygen atoms in total. The predicted molar refractivity (Wildman–Crippen MR) is 86.3 cm³/mol. The SMILES string of the molecule is NS(=O)(=O)c1ccccc1N1CCCC(CC2CCOC2)C1. The van der Waals surface area contributed by atoms with Crippen molar-refractivity contribution in [1.29, 1.82) is 0 Å². The number of ether oxygens (including phenoxy) is 1. The van der Waals surface area contributed by atoms with Crippen LogP contribution in [0.25, 0.3) is 0 Å². The van der Waals surface area contributed by atoms with Gasteiger partial charge in [0.15, 0.2) is 0 Å². The van der Waals surface area contributed by atoms with Crippen molar-refractivity contribution in [3.05, 3.63) is 24.3 Å². The van der Waals surface area contributed by atoms with Gasteiger partial charge in [0.25, 0.3) is 0 Å². The summed E-state index contributed by atoms with van der Waals surface area (Å²) in [6.07, 6.45) is 4.64. The van der Waals surface area contributed by atoms with Gasteiger partial charge in [-0.3, -0.25) is 0 Å². The van der Waals surface area contributed by atoms with Crippen LogP contribution < -0.4 is 10.0 Å². The first-order chi connectivity index (χ1) is 10.5. The Morgan fingerprint density at radius 3 is 2.77 bits per heavy atom. The van der Waals surface area contributed by atoms with Crippen LogP contribution >= 0.6 is 0 Å². The number of nitrogens with two attached hydrogens (primary N) is 1. The standard InChI is InChI=1S/C16H24N2O3S/c17-22(19,20)16-6-2-1-5-15(16)18-8-3-4-13(11-18)10-14-7-9-21-12-14/h1-2,5-6,13-14H,3-4,7-12H2,(H2,17,19,20). The summed E-state index contributed by atoms with van der Waals surface area (Å²) in [4.78, 5) is 2.42. The number of piperidine rings is 1. The molecule has 0 bridgehead atoms. The van der Waals surface area contributed by atoms with Crippen molar-refractivity contribution in [2.45, 2.75) is 30.6 Å². The number of rotatable bonds is 4. The molecule has 3 rings (SSSR count). The molecule has 2 N–H and O–H groups in total. The Balaban J connectivity index is 1.74. The number of nitrogens with zero attached hydrogens (tertiary/aromatic N) is 1. The van der Waals surface area contributed by atoms with Crippen molar-refractivity contribution in [2.75, 3.05) is 31.2 Å². The van der Waals surface area contributed by atoms with Crippen molar-refractivity contribution in [2.24, 2.45) is 17.0 Å². The molecule has 2 aliphatic rings. The number of hydrogen-bond donors (Lipinski definition) is 1. The van der Waals surface area contributed by atoms with Crippen LogP contribution in [0.5, 0.6) is 0 Å². The van der Waals surface area contributed by atoms with Gasteiger partial charge in [-0.15, -0.1) is 0 Å². The maximum atomic E-state index is 11.8. The van der Waals surface area contributed by atoms with E-state index in [4.69, 9.17) is 9.88 Å². The zero-order chi connectivity index (χ0) is 15.6. The minimum absolute atomic E-state index is 0.236. The van der Waals surface area contributed by atoms with Gasteiger partial charge in [0, 0.05) is 26.3 Å². The van der Waals surface area contributed by atoms with Gasteiger partial charge in [-0.2, -0.15) is 0 Å². The zero-order valence-electron chi connectivity index (χ0n) is 12.8. The lowest BCUT2D eigenvalue weighted by atomic mass is 9.87. The van der Waals surface area contributed by atoms with Crippen LogP contribution in [-0.4, -0.2) is 34.7 Å². The molecular formula is C16H24N2O3S. The first-order valence-corrected chi connectivity index (χ1v) is 9.53. The highest BCUT2D eigenvalue weighted by Crippen LogP contribution is 2.32. The van der Waals surface area contributed by atoms with Gasteiger partial charge >= 0.3 is 0 Å². The van der Waals surface area contributed by atoms with E-state index in [0.29, 0.717) is 11.8 Å². The summed E-state index contributed by atoms with van der Waals surface area (Å²) in [6, 6.07) is 7.05. The van der Waals surface area contributed by atoms with Crippen LogP contribution in [0.15, 0.2) is 29.2 Å². The molecule has 22 heavy (non-hydrogen) atoms. The molecule has 1 aromatic rings. The Morgan fingerprint density at radius 2 is 2.05 bits per heavy atom. The number of benzene rings is 1. The topological polar surface area (TPSA) is 72.6 Å². The summed E-state index contributed by atoms with van der Waals surface area (Å²) in [5.74, 6) is 1.27. The molecule has 0 aromatic heterocycles. The average molecular weight is 324 g/mol. The summed E-state index contributed by atoms with van der Waals surface area (Å²) in [5.41, 5.74) is 0.748. The largest absolute Gasteiger partial charge is 0.381 e. The number of para-hydroxylation sites is 1. The Kier molecular flexibility index (Phi) is 4.70. The van der Waals surface area contributed by atoms with E-state index in [1.807, 2.05) is 12.1 Å². The number of sulfonamides is 1. The maximum Gasteiger partial charge on any atom is 0.240 e. The molecule has 0 radical (unpaired) electrons. The molecule has 2 saturated heterocycles. The van der Waals surface area contributed by atoms with Crippen molar-refractivity contribution < 1.29 is 13.2 Å². The first kappa shape index (κ1) is 15.8. The van der Waals surface area contributed by atoms with Gasteiger partial charge in [0.2, 0.25) is 10.0 Å². The highest BCUT2D eigenvalue weighted by molar-refractivity contribution is 7.89. The normalized spacial score (nSPS) is 26.3. The average Bonchev–Trinajstić information content (AvgIpc) is 3.00. The van der Waals surface area contributed by atoms with Crippen LogP contribution in [0.4, 0.5) is 5.69 Å². The second-order valence-electron chi connectivity index (χ2n) is 6.43. The van der Waals surface area contributed by atoms with E-state index in [-0.39, 0.29) is 4.90 Å². The second kappa shape index (κ2) is 6.56. The van der Waals surface area contributed by atoms with Crippen molar-refractivity contribution >= 4 is 15.7 Å². The van der Waals surface area contributed by atoms with E-state index in [9.17, 15) is 8.42 Å². The third-order valence-corrected chi connectivity index (χ3v) is 5.68. The molecule has 2 aliphatic heterocycles. The van der Waals surface area contributed by atoms with E-state index in [2.05, 4.69) is 4.90 Å². The fourth-order valence-corrected chi connectivity index (χ4v) is 4.43. The second-order valence-corrected chi connectivity index (χ2v) is 7.96. The maximum absolute atomic E-state index is 11.8. The molecule has 0 spiro atoms. The third kappa shape index (κ3) is 3.62. The monoisotopic (exact) mass is 324 g/mol. The molecular weight excluding hydrogens is 300 g/mol. The summed E-state index contributed by atoms with van der Waals surface area (Å²) >= 11 is 0. The van der Waals surface area contributed by atoms with E-state index in [0.717, 1.165) is 44.8 Å². The third-order valence-electron chi connectivity index (χ3n) is 4.72. The van der Waals surface area contributed by atoms with Gasteiger partial charge in [-0.1, -0.05) is 12.1 Å². The van der Waals surface area contributed by atoms with Crippen molar-refractivity contribution in [1.82, 2.24) is 0 Å². The summed E-state index contributed by atoms with van der Waals surface area (Å²) < 4.78 is 29.0. The summed E-state index contributed by atoms with van der Waals surface area (Å²) in [6.45, 7) is 3.56. The lowest BCUT2D eigenvalue weighted by molar-refractivity contribution is 0.178. The van der Waals surface area contributed by atoms with Crippen LogP contribution in [0.2, 0.25) is 0 Å². The van der Waals surface area contributed by atoms with E-state index < -0.39 is 10.0 Å². The molecule has 1 aromatic carbocycles. The number of hydrogen-bond acceptors (Lipinski definition) is 4. The Morgan fingerprint density at radius 1 is 1.23 bits per heavy atom. The molecule has 0 saturated carbocycles. The van der Waals surface area contributed by atoms with Gasteiger partial charge < -0.3 is 9.64 Å². The van der Waals surface area contributed by atoms with Crippen LogP contribution in [0.1, 0.15) is 25.7 Å². The van der Waals surface area contributed by atoms with Gasteiger partial charge in [-0.25, -0.2) is 13.6 Å². The van der Waals surface area contributed by atoms with E-state index in [1.54, 1.807) is 12.1 Å². The van der Waals surface area contributed by atoms with Gasteiger partial charge in [-0.05, 0) is 49.7 Å². The highest BCUT2D eigenvalue weighted by atomic mass is 32.2. The minimum atomic E-state index is -3.68. The van der Waals surface area contributed by atoms with Crippen LogP contribution in [0.3, 0.4) is 0 Å². The zero-order valence-corrected chi connectivity index (χ0v) is 13.6. The highest BCUT2D eigenvalue weighted by Gasteiger charge is 2.27. The van der Waals surface area contributed by atoms with E-state index >= 15 is 0 Å². The summed E-state index contributed by atoms with van der Waals surface area (Å²) in [7, 11) is -3.68. The smallest absolute Gasteiger partial charge is 0.240 e. The van der Waals surface area contributed by atoms with Crippen LogP contribution in [0, 0.1) is 11.8 Å². The molecule has 2 unspecified atom stereocenters. The molecule has 2 heterocycles. The van der Waals surface area contributed by atoms with Crippen LogP contribution in [-0.2, 0) is 14.8 Å². The molecule has 2 atom stereocenters. The quantitative estimate of drug-likeness (QED) is 0.919. The summed E-state index contributed by atoms with van der Waals surface area (Å²) in [5, 5.41) is 5.36. The Bertz CT molecular complexity index is 612. The molecule has 0 amide bonds. The lowest BCUT2D eigenvalue weighted by Crippen LogP contribution is -2.37. The fraction of sp³-hybridized carbons (Fsp3) is 0.625. The first-order valence-electron chi connectivity index (χ1n) is 7.98. The Labute approximate surface area is 132 Å². The minimum Gasteiger partial charge on any atom is -0.381 e. The lowest BCUT2D eigenvalue weighted by Gasteiger charge is -2.36. The van der Waals surface area contributed by atoms with Crippen molar-refractivity contribution in [3.8, 4) is 0 Å². The van der Waals surface area contributed by atoms with Gasteiger partial charge in [0.1, 0.15) is 4.90 Å². The van der Waals surface area contributed by atoms with Gasteiger partial charge in [0.05, 0.1) is 5.69 Å². The Hall–Kier alpha value is -1.11. The van der Waals surface area contributed by atoms with Crippen molar-refractivity contribution in [3.63, 3.8) is 0 Å². The molecule has 6 heteroatoms.